The Bertz CT molecular complexity index is 597. The lowest BCUT2D eigenvalue weighted by atomic mass is 9.87. The molecule has 0 saturated carbocycles. The first-order chi connectivity index (χ1) is 9.24. The van der Waals surface area contributed by atoms with E-state index < -0.39 is 0 Å². The van der Waals surface area contributed by atoms with Crippen molar-refractivity contribution in [3.8, 4) is 0 Å². The zero-order chi connectivity index (χ0) is 13.2. The maximum atomic E-state index is 6.31. The molecule has 1 aliphatic rings. The number of benzene rings is 2. The monoisotopic (exact) mass is 383 g/mol. The predicted molar refractivity (Wildman–Crippen MR) is 89.9 cm³/mol. The minimum absolute atomic E-state index is 0.377. The molecule has 1 N–H and O–H groups in total. The van der Waals surface area contributed by atoms with Crippen LogP contribution in [0.25, 0.3) is 0 Å². The minimum atomic E-state index is 0.377. The summed E-state index contributed by atoms with van der Waals surface area (Å²) in [5, 5.41) is 4.40. The van der Waals surface area contributed by atoms with E-state index in [0.717, 1.165) is 14.3 Å². The van der Waals surface area contributed by atoms with Gasteiger partial charge in [-0.05, 0) is 71.2 Å². The molecular weight excluding hydrogens is 369 g/mol. The third kappa shape index (κ3) is 2.90. The molecule has 0 saturated heterocycles. The first kappa shape index (κ1) is 13.3. The van der Waals surface area contributed by atoms with Crippen LogP contribution in [-0.2, 0) is 6.42 Å². The Balaban J connectivity index is 1.88. The van der Waals surface area contributed by atoms with E-state index in [2.05, 4.69) is 64.3 Å². The third-order valence-corrected chi connectivity index (χ3v) is 4.61. The van der Waals surface area contributed by atoms with Gasteiger partial charge >= 0.3 is 0 Å². The van der Waals surface area contributed by atoms with Gasteiger partial charge in [0, 0.05) is 3.57 Å². The van der Waals surface area contributed by atoms with Crippen molar-refractivity contribution < 1.29 is 0 Å². The lowest BCUT2D eigenvalue weighted by molar-refractivity contribution is 0.600. The van der Waals surface area contributed by atoms with Gasteiger partial charge in [0.2, 0.25) is 0 Å². The SMILES string of the molecule is Clc1cc(I)ccc1NC1CCCc2ccccc21. The summed E-state index contributed by atoms with van der Waals surface area (Å²) in [6, 6.07) is 15.2. The fourth-order valence-electron chi connectivity index (χ4n) is 2.70. The number of aryl methyl sites for hydroxylation is 1. The number of halogens is 2. The second kappa shape index (κ2) is 5.71. The van der Waals surface area contributed by atoms with Crippen LogP contribution in [0.2, 0.25) is 5.02 Å². The molecule has 98 valence electrons. The molecule has 2 aromatic carbocycles. The van der Waals surface area contributed by atoms with E-state index in [1.165, 1.54) is 30.4 Å². The Morgan fingerprint density at radius 1 is 1.16 bits per heavy atom. The van der Waals surface area contributed by atoms with Crippen molar-refractivity contribution in [2.24, 2.45) is 0 Å². The fraction of sp³-hybridized carbons (Fsp3) is 0.250. The van der Waals surface area contributed by atoms with Crippen molar-refractivity contribution >= 4 is 39.9 Å². The van der Waals surface area contributed by atoms with Crippen molar-refractivity contribution in [1.82, 2.24) is 0 Å². The highest BCUT2D eigenvalue weighted by molar-refractivity contribution is 14.1. The molecule has 3 rings (SSSR count). The second-order valence-electron chi connectivity index (χ2n) is 4.91. The maximum absolute atomic E-state index is 6.31. The summed E-state index contributed by atoms with van der Waals surface area (Å²) in [5.74, 6) is 0. The van der Waals surface area contributed by atoms with Crippen molar-refractivity contribution in [3.05, 3.63) is 62.2 Å². The molecule has 1 nitrogen and oxygen atoms in total. The van der Waals surface area contributed by atoms with E-state index in [1.807, 2.05) is 6.07 Å². The van der Waals surface area contributed by atoms with Crippen LogP contribution in [0.4, 0.5) is 5.69 Å². The Labute approximate surface area is 132 Å². The van der Waals surface area contributed by atoms with Gasteiger partial charge in [0.05, 0.1) is 16.8 Å². The molecule has 1 atom stereocenters. The molecule has 0 aromatic heterocycles. The average Bonchev–Trinajstić information content (AvgIpc) is 2.42. The summed E-state index contributed by atoms with van der Waals surface area (Å²) in [5.41, 5.74) is 3.92. The minimum Gasteiger partial charge on any atom is -0.377 e. The normalized spacial score (nSPS) is 17.9. The number of rotatable bonds is 2. The second-order valence-corrected chi connectivity index (χ2v) is 6.56. The van der Waals surface area contributed by atoms with Crippen LogP contribution in [0, 0.1) is 3.57 Å². The molecule has 0 aliphatic heterocycles. The zero-order valence-electron chi connectivity index (χ0n) is 10.5. The summed E-state index contributed by atoms with van der Waals surface area (Å²) in [4.78, 5) is 0. The fourth-order valence-corrected chi connectivity index (χ4v) is 3.61. The van der Waals surface area contributed by atoms with Crippen LogP contribution in [0.3, 0.4) is 0 Å². The molecule has 3 heteroatoms. The highest BCUT2D eigenvalue weighted by Crippen LogP contribution is 2.34. The molecule has 0 bridgehead atoms. The topological polar surface area (TPSA) is 12.0 Å². The predicted octanol–water partition coefficient (Wildman–Crippen LogP) is 5.43. The number of hydrogen-bond donors (Lipinski definition) is 1. The number of anilines is 1. The smallest absolute Gasteiger partial charge is 0.0648 e. The van der Waals surface area contributed by atoms with Crippen molar-refractivity contribution in [3.63, 3.8) is 0 Å². The summed E-state index contributed by atoms with van der Waals surface area (Å²) in [7, 11) is 0. The molecule has 0 fully saturated rings. The first-order valence-corrected chi connectivity index (χ1v) is 7.99. The highest BCUT2D eigenvalue weighted by atomic mass is 127. The van der Waals surface area contributed by atoms with E-state index in [4.69, 9.17) is 11.6 Å². The van der Waals surface area contributed by atoms with E-state index in [1.54, 1.807) is 0 Å². The van der Waals surface area contributed by atoms with Crippen molar-refractivity contribution in [1.29, 1.82) is 0 Å². The molecule has 0 heterocycles. The van der Waals surface area contributed by atoms with Gasteiger partial charge in [-0.25, -0.2) is 0 Å². The summed E-state index contributed by atoms with van der Waals surface area (Å²) >= 11 is 8.59. The Hall–Kier alpha value is -0.740. The van der Waals surface area contributed by atoms with Gasteiger partial charge in [-0.3, -0.25) is 0 Å². The van der Waals surface area contributed by atoms with E-state index in [9.17, 15) is 0 Å². The summed E-state index contributed by atoms with van der Waals surface area (Å²) < 4.78 is 1.16. The molecular formula is C16H15ClIN. The Morgan fingerprint density at radius 2 is 2.00 bits per heavy atom. The van der Waals surface area contributed by atoms with E-state index >= 15 is 0 Å². The van der Waals surface area contributed by atoms with Crippen LogP contribution in [0.15, 0.2) is 42.5 Å². The maximum Gasteiger partial charge on any atom is 0.0648 e. The van der Waals surface area contributed by atoms with Crippen molar-refractivity contribution in [2.45, 2.75) is 25.3 Å². The van der Waals surface area contributed by atoms with Crippen molar-refractivity contribution in [2.75, 3.05) is 5.32 Å². The lowest BCUT2D eigenvalue weighted by Gasteiger charge is -2.27. The van der Waals surface area contributed by atoms with Gasteiger partial charge in [-0.15, -0.1) is 0 Å². The van der Waals surface area contributed by atoms with Crippen LogP contribution < -0.4 is 5.32 Å². The molecule has 1 unspecified atom stereocenters. The highest BCUT2D eigenvalue weighted by Gasteiger charge is 2.20. The average molecular weight is 384 g/mol. The molecule has 0 amide bonds. The van der Waals surface area contributed by atoms with E-state index in [0.29, 0.717) is 6.04 Å². The molecule has 19 heavy (non-hydrogen) atoms. The van der Waals surface area contributed by atoms with Gasteiger partial charge < -0.3 is 5.32 Å². The van der Waals surface area contributed by atoms with Gasteiger partial charge in [-0.2, -0.15) is 0 Å². The van der Waals surface area contributed by atoms with Gasteiger partial charge in [0.25, 0.3) is 0 Å². The summed E-state index contributed by atoms with van der Waals surface area (Å²) in [6.45, 7) is 0. The van der Waals surface area contributed by atoms with E-state index in [-0.39, 0.29) is 0 Å². The van der Waals surface area contributed by atoms with Gasteiger partial charge in [0.15, 0.2) is 0 Å². The van der Waals surface area contributed by atoms with Crippen LogP contribution in [-0.4, -0.2) is 0 Å². The van der Waals surface area contributed by atoms with Crippen LogP contribution >= 0.6 is 34.2 Å². The van der Waals surface area contributed by atoms with Gasteiger partial charge in [-0.1, -0.05) is 35.9 Å². The standard InChI is InChI=1S/C16H15ClIN/c17-14-10-12(18)8-9-16(14)19-15-7-3-5-11-4-1-2-6-13(11)15/h1-2,4,6,8-10,15,19H,3,5,7H2. The summed E-state index contributed by atoms with van der Waals surface area (Å²) in [6.07, 6.45) is 3.59. The number of nitrogens with one attached hydrogen (secondary N) is 1. The molecule has 0 spiro atoms. The Kier molecular flexibility index (Phi) is 3.99. The zero-order valence-corrected chi connectivity index (χ0v) is 13.4. The number of hydrogen-bond acceptors (Lipinski definition) is 1. The Morgan fingerprint density at radius 3 is 2.84 bits per heavy atom. The lowest BCUT2D eigenvalue weighted by Crippen LogP contribution is -2.17. The van der Waals surface area contributed by atoms with Crippen LogP contribution in [0.1, 0.15) is 30.0 Å². The molecule has 0 radical (unpaired) electrons. The molecule has 1 aliphatic carbocycles. The number of fused-ring (bicyclic) bond motifs is 1. The largest absolute Gasteiger partial charge is 0.377 e. The van der Waals surface area contributed by atoms with Gasteiger partial charge in [0.1, 0.15) is 0 Å². The first-order valence-electron chi connectivity index (χ1n) is 6.53. The van der Waals surface area contributed by atoms with Crippen LogP contribution in [0.5, 0.6) is 0 Å². The third-order valence-electron chi connectivity index (χ3n) is 3.63. The quantitative estimate of drug-likeness (QED) is 0.681. The molecule has 2 aromatic rings.